The third kappa shape index (κ3) is 2.20. The van der Waals surface area contributed by atoms with Crippen LogP contribution in [0.25, 0.3) is 0 Å². The SMILES string of the molecule is Cc1ccccc1OCC(=O)NN1C(=O)[C@@H]2[C@@H](C1=O)[C@@H]1C=C[C@@H]2O1. The number of hydrogen-bond acceptors (Lipinski definition) is 5. The predicted octanol–water partition coefficient (Wildman–Crippen LogP) is 0.343. The van der Waals surface area contributed by atoms with Crippen LogP contribution in [0.2, 0.25) is 0 Å². The first kappa shape index (κ1) is 14.9. The second kappa shape index (κ2) is 5.45. The maximum absolute atomic E-state index is 12.4. The number of benzene rings is 1. The van der Waals surface area contributed by atoms with Crippen LogP contribution >= 0.6 is 0 Å². The van der Waals surface area contributed by atoms with Crippen LogP contribution in [0, 0.1) is 18.8 Å². The number of imide groups is 1. The summed E-state index contributed by atoms with van der Waals surface area (Å²) in [7, 11) is 0. The van der Waals surface area contributed by atoms with Gasteiger partial charge in [-0.1, -0.05) is 30.4 Å². The first-order chi connectivity index (χ1) is 11.6. The molecule has 1 aromatic rings. The lowest BCUT2D eigenvalue weighted by Gasteiger charge is -2.18. The summed E-state index contributed by atoms with van der Waals surface area (Å²) in [5.74, 6) is -1.90. The van der Waals surface area contributed by atoms with Gasteiger partial charge in [0.25, 0.3) is 17.7 Å². The number of carbonyl (C=O) groups excluding carboxylic acids is 3. The highest BCUT2D eigenvalue weighted by Gasteiger charge is 2.61. The molecule has 0 unspecified atom stereocenters. The molecule has 1 aromatic carbocycles. The minimum Gasteiger partial charge on any atom is -0.483 e. The lowest BCUT2D eigenvalue weighted by molar-refractivity contribution is -0.151. The monoisotopic (exact) mass is 328 g/mol. The summed E-state index contributed by atoms with van der Waals surface area (Å²) in [6.45, 7) is 1.59. The van der Waals surface area contributed by atoms with Crippen molar-refractivity contribution < 1.29 is 23.9 Å². The average molecular weight is 328 g/mol. The zero-order chi connectivity index (χ0) is 16.8. The van der Waals surface area contributed by atoms with Gasteiger partial charge in [-0.2, -0.15) is 5.01 Å². The number of nitrogens with one attached hydrogen (secondary N) is 1. The molecule has 2 fully saturated rings. The van der Waals surface area contributed by atoms with E-state index < -0.39 is 29.6 Å². The fraction of sp³-hybridized carbons (Fsp3) is 0.353. The van der Waals surface area contributed by atoms with Gasteiger partial charge in [-0.15, -0.1) is 0 Å². The Hall–Kier alpha value is -2.67. The largest absolute Gasteiger partial charge is 0.483 e. The number of aryl methyl sites for hydroxylation is 1. The Balaban J connectivity index is 1.39. The molecule has 0 spiro atoms. The smallest absolute Gasteiger partial charge is 0.276 e. The van der Waals surface area contributed by atoms with Gasteiger partial charge < -0.3 is 9.47 Å². The summed E-state index contributed by atoms with van der Waals surface area (Å²) in [6, 6.07) is 7.29. The molecule has 4 atom stereocenters. The molecule has 2 bridgehead atoms. The van der Waals surface area contributed by atoms with Gasteiger partial charge in [-0.25, -0.2) is 0 Å². The second-order valence-corrected chi connectivity index (χ2v) is 6.10. The van der Waals surface area contributed by atoms with Gasteiger partial charge in [0, 0.05) is 0 Å². The molecule has 3 aliphatic rings. The molecular formula is C17H16N2O5. The number of hydrogen-bond donors (Lipinski definition) is 1. The summed E-state index contributed by atoms with van der Waals surface area (Å²) >= 11 is 0. The van der Waals surface area contributed by atoms with Gasteiger partial charge in [0.15, 0.2) is 6.61 Å². The Morgan fingerprint density at radius 2 is 1.79 bits per heavy atom. The van der Waals surface area contributed by atoms with Crippen LogP contribution in [-0.2, 0) is 19.1 Å². The molecule has 3 heterocycles. The lowest BCUT2D eigenvalue weighted by Crippen LogP contribution is -2.49. The molecular weight excluding hydrogens is 312 g/mol. The number of amides is 3. The Bertz CT molecular complexity index is 729. The number of nitrogens with zero attached hydrogens (tertiary/aromatic N) is 1. The van der Waals surface area contributed by atoms with Crippen molar-refractivity contribution in [2.45, 2.75) is 19.1 Å². The summed E-state index contributed by atoms with van der Waals surface area (Å²) < 4.78 is 11.0. The molecule has 7 nitrogen and oxygen atoms in total. The second-order valence-electron chi connectivity index (χ2n) is 6.10. The third-order valence-corrected chi connectivity index (χ3v) is 4.60. The number of carbonyl (C=O) groups is 3. The number of ether oxygens (including phenoxy) is 2. The van der Waals surface area contributed by atoms with Crippen molar-refractivity contribution in [3.8, 4) is 5.75 Å². The Morgan fingerprint density at radius 1 is 1.17 bits per heavy atom. The molecule has 1 N–H and O–H groups in total. The molecule has 7 heteroatoms. The standard InChI is InChI=1S/C17H16N2O5/c1-9-4-2-3-5-10(9)23-8-13(20)18-19-16(21)14-11-6-7-12(24-11)15(14)17(19)22/h2-7,11-12,14-15H,8H2,1H3,(H,18,20)/t11-,12-,14-,15-/m0/s1. The molecule has 124 valence electrons. The van der Waals surface area contributed by atoms with E-state index >= 15 is 0 Å². The minimum atomic E-state index is -0.554. The van der Waals surface area contributed by atoms with Gasteiger partial charge >= 0.3 is 0 Å². The molecule has 4 rings (SSSR count). The maximum atomic E-state index is 12.4. The van der Waals surface area contributed by atoms with E-state index in [0.717, 1.165) is 10.6 Å². The van der Waals surface area contributed by atoms with Crippen LogP contribution in [0.5, 0.6) is 5.75 Å². The van der Waals surface area contributed by atoms with Crippen molar-refractivity contribution in [1.82, 2.24) is 10.4 Å². The zero-order valence-corrected chi connectivity index (χ0v) is 13.0. The quantitative estimate of drug-likeness (QED) is 0.636. The van der Waals surface area contributed by atoms with E-state index in [2.05, 4.69) is 5.43 Å². The summed E-state index contributed by atoms with van der Waals surface area (Å²) in [4.78, 5) is 36.8. The fourth-order valence-electron chi connectivity index (χ4n) is 3.43. The van der Waals surface area contributed by atoms with E-state index in [-0.39, 0.29) is 18.8 Å². The lowest BCUT2D eigenvalue weighted by atomic mass is 9.85. The topological polar surface area (TPSA) is 84.9 Å². The van der Waals surface area contributed by atoms with E-state index in [9.17, 15) is 14.4 Å². The van der Waals surface area contributed by atoms with Crippen LogP contribution in [0.15, 0.2) is 36.4 Å². The van der Waals surface area contributed by atoms with E-state index in [1.807, 2.05) is 19.1 Å². The Labute approximate surface area is 138 Å². The molecule has 0 radical (unpaired) electrons. The van der Waals surface area contributed by atoms with Crippen LogP contribution in [0.3, 0.4) is 0 Å². The normalized spacial score (nSPS) is 30.0. The third-order valence-electron chi connectivity index (χ3n) is 4.60. The molecule has 0 aliphatic carbocycles. The highest BCUT2D eigenvalue weighted by Crippen LogP contribution is 2.44. The highest BCUT2D eigenvalue weighted by molar-refractivity contribution is 6.07. The molecule has 0 aromatic heterocycles. The van der Waals surface area contributed by atoms with Gasteiger partial charge in [-0.05, 0) is 18.6 Å². The molecule has 0 saturated carbocycles. The van der Waals surface area contributed by atoms with Gasteiger partial charge in [0.1, 0.15) is 5.75 Å². The summed E-state index contributed by atoms with van der Waals surface area (Å²) in [5.41, 5.74) is 3.25. The van der Waals surface area contributed by atoms with Crippen LogP contribution in [-0.4, -0.2) is 41.5 Å². The van der Waals surface area contributed by atoms with Crippen molar-refractivity contribution in [3.63, 3.8) is 0 Å². The van der Waals surface area contributed by atoms with Crippen LogP contribution in [0.1, 0.15) is 5.56 Å². The molecule has 3 aliphatic heterocycles. The summed E-state index contributed by atoms with van der Waals surface area (Å²) in [5, 5.41) is 0.814. The van der Waals surface area contributed by atoms with E-state index in [1.165, 1.54) is 0 Å². The van der Waals surface area contributed by atoms with Crippen molar-refractivity contribution in [1.29, 1.82) is 0 Å². The minimum absolute atomic E-state index is 0.279. The first-order valence-electron chi connectivity index (χ1n) is 7.76. The first-order valence-corrected chi connectivity index (χ1v) is 7.76. The van der Waals surface area contributed by atoms with Crippen molar-refractivity contribution in [2.24, 2.45) is 11.8 Å². The van der Waals surface area contributed by atoms with Crippen molar-refractivity contribution in [2.75, 3.05) is 6.61 Å². The zero-order valence-electron chi connectivity index (χ0n) is 13.0. The highest BCUT2D eigenvalue weighted by atomic mass is 16.5. The Morgan fingerprint density at radius 3 is 2.42 bits per heavy atom. The Kier molecular flexibility index (Phi) is 3.38. The number of rotatable bonds is 4. The molecule has 2 saturated heterocycles. The van der Waals surface area contributed by atoms with E-state index in [0.29, 0.717) is 5.75 Å². The van der Waals surface area contributed by atoms with Crippen molar-refractivity contribution in [3.05, 3.63) is 42.0 Å². The molecule has 24 heavy (non-hydrogen) atoms. The van der Waals surface area contributed by atoms with Gasteiger partial charge in [0.05, 0.1) is 24.0 Å². The fourth-order valence-corrected chi connectivity index (χ4v) is 3.43. The van der Waals surface area contributed by atoms with E-state index in [4.69, 9.17) is 9.47 Å². The predicted molar refractivity (Wildman–Crippen MR) is 81.5 cm³/mol. The molecule has 3 amide bonds. The van der Waals surface area contributed by atoms with Gasteiger partial charge in [0.2, 0.25) is 0 Å². The number of hydrazine groups is 1. The van der Waals surface area contributed by atoms with Crippen molar-refractivity contribution >= 4 is 17.7 Å². The van der Waals surface area contributed by atoms with E-state index in [1.54, 1.807) is 24.3 Å². The summed E-state index contributed by atoms with van der Waals surface area (Å²) in [6.07, 6.45) is 2.84. The number of fused-ring (bicyclic) bond motifs is 5. The van der Waals surface area contributed by atoms with Gasteiger partial charge in [-0.3, -0.25) is 19.8 Å². The maximum Gasteiger partial charge on any atom is 0.276 e. The average Bonchev–Trinajstić information content (AvgIpc) is 3.24. The van der Waals surface area contributed by atoms with Crippen LogP contribution < -0.4 is 10.2 Å². The van der Waals surface area contributed by atoms with Crippen LogP contribution in [0.4, 0.5) is 0 Å². The number of para-hydroxylation sites is 1.